The maximum atomic E-state index is 12.3. The van der Waals surface area contributed by atoms with Gasteiger partial charge in [0, 0.05) is 18.5 Å². The Morgan fingerprint density at radius 3 is 2.76 bits per heavy atom. The van der Waals surface area contributed by atoms with Gasteiger partial charge in [-0.25, -0.2) is 0 Å². The summed E-state index contributed by atoms with van der Waals surface area (Å²) in [6.45, 7) is 2.66. The minimum absolute atomic E-state index is 0.114. The van der Waals surface area contributed by atoms with Gasteiger partial charge in [-0.3, -0.25) is 9.69 Å². The van der Waals surface area contributed by atoms with Gasteiger partial charge in [-0.2, -0.15) is 4.98 Å². The Bertz CT molecular complexity index is 496. The zero-order valence-corrected chi connectivity index (χ0v) is 12.8. The standard InChI is InChI=1S/C15H24N4O2/c1-10-16-15(21-18-10)13-8-12(9-19(13)2)17-14(20)11-6-4-3-5-7-11/h11-13H,3-9H2,1-2H3,(H,17,20). The molecule has 3 rings (SSSR count). The van der Waals surface area contributed by atoms with E-state index < -0.39 is 0 Å². The smallest absolute Gasteiger partial charge is 0.244 e. The number of aromatic nitrogens is 2. The summed E-state index contributed by atoms with van der Waals surface area (Å²) in [7, 11) is 2.04. The lowest BCUT2D eigenvalue weighted by molar-refractivity contribution is -0.126. The average Bonchev–Trinajstić information content (AvgIpc) is 3.06. The van der Waals surface area contributed by atoms with Crippen LogP contribution in [0, 0.1) is 12.8 Å². The van der Waals surface area contributed by atoms with Gasteiger partial charge in [0.2, 0.25) is 11.8 Å². The zero-order chi connectivity index (χ0) is 14.8. The molecule has 1 aromatic rings. The molecule has 1 saturated heterocycles. The van der Waals surface area contributed by atoms with E-state index in [0.29, 0.717) is 11.7 Å². The van der Waals surface area contributed by atoms with Gasteiger partial charge < -0.3 is 9.84 Å². The summed E-state index contributed by atoms with van der Waals surface area (Å²) in [5.74, 6) is 1.77. The van der Waals surface area contributed by atoms with Gasteiger partial charge in [0.25, 0.3) is 0 Å². The van der Waals surface area contributed by atoms with Crippen LogP contribution >= 0.6 is 0 Å². The van der Waals surface area contributed by atoms with Crippen molar-refractivity contribution in [2.45, 2.75) is 57.5 Å². The predicted octanol–water partition coefficient (Wildman–Crippen LogP) is 1.82. The first-order valence-corrected chi connectivity index (χ1v) is 7.94. The van der Waals surface area contributed by atoms with Crippen LogP contribution in [0.4, 0.5) is 0 Å². The molecule has 1 saturated carbocycles. The van der Waals surface area contributed by atoms with Crippen molar-refractivity contribution in [2.24, 2.45) is 5.92 Å². The number of likely N-dealkylation sites (N-methyl/N-ethyl adjacent to an activating group) is 1. The van der Waals surface area contributed by atoms with Gasteiger partial charge >= 0.3 is 0 Å². The van der Waals surface area contributed by atoms with Crippen LogP contribution in [-0.4, -0.2) is 40.6 Å². The van der Waals surface area contributed by atoms with Crippen LogP contribution < -0.4 is 5.32 Å². The number of amides is 1. The molecule has 2 aliphatic rings. The maximum Gasteiger partial charge on any atom is 0.244 e. The van der Waals surface area contributed by atoms with Gasteiger partial charge in [-0.05, 0) is 33.2 Å². The fourth-order valence-electron chi connectivity index (χ4n) is 3.53. The van der Waals surface area contributed by atoms with E-state index >= 15 is 0 Å². The van der Waals surface area contributed by atoms with E-state index in [2.05, 4.69) is 20.4 Å². The third kappa shape index (κ3) is 3.26. The zero-order valence-electron chi connectivity index (χ0n) is 12.8. The topological polar surface area (TPSA) is 71.3 Å². The molecule has 2 fully saturated rings. The van der Waals surface area contributed by atoms with Crippen LogP contribution in [0.1, 0.15) is 56.3 Å². The molecule has 2 unspecified atom stereocenters. The number of hydrogen-bond donors (Lipinski definition) is 1. The average molecular weight is 292 g/mol. The van der Waals surface area contributed by atoms with E-state index in [-0.39, 0.29) is 23.9 Å². The second kappa shape index (κ2) is 6.13. The van der Waals surface area contributed by atoms with Crippen molar-refractivity contribution in [3.63, 3.8) is 0 Å². The highest BCUT2D eigenvalue weighted by atomic mass is 16.5. The van der Waals surface area contributed by atoms with E-state index in [1.54, 1.807) is 0 Å². The van der Waals surface area contributed by atoms with Gasteiger partial charge in [-0.1, -0.05) is 24.4 Å². The van der Waals surface area contributed by atoms with E-state index in [1.807, 2.05) is 14.0 Å². The predicted molar refractivity (Wildman–Crippen MR) is 77.5 cm³/mol. The Kier molecular flexibility index (Phi) is 4.24. The van der Waals surface area contributed by atoms with E-state index in [9.17, 15) is 4.79 Å². The summed E-state index contributed by atoms with van der Waals surface area (Å²) in [6.07, 6.45) is 6.57. The Hall–Kier alpha value is -1.43. The first kappa shape index (κ1) is 14.5. The van der Waals surface area contributed by atoms with E-state index in [0.717, 1.165) is 25.8 Å². The molecule has 1 aliphatic carbocycles. The molecular weight excluding hydrogens is 268 g/mol. The minimum atomic E-state index is 0.114. The van der Waals surface area contributed by atoms with Crippen LogP contribution in [0.25, 0.3) is 0 Å². The van der Waals surface area contributed by atoms with Crippen LogP contribution in [0.15, 0.2) is 4.52 Å². The van der Waals surface area contributed by atoms with Crippen molar-refractivity contribution in [1.29, 1.82) is 0 Å². The third-order valence-electron chi connectivity index (χ3n) is 4.70. The minimum Gasteiger partial charge on any atom is -0.352 e. The molecule has 6 heteroatoms. The van der Waals surface area contributed by atoms with Crippen molar-refractivity contribution < 1.29 is 9.32 Å². The Morgan fingerprint density at radius 2 is 2.10 bits per heavy atom. The normalized spacial score (nSPS) is 27.9. The highest BCUT2D eigenvalue weighted by molar-refractivity contribution is 5.79. The second-order valence-corrected chi connectivity index (χ2v) is 6.41. The molecule has 2 atom stereocenters. The first-order valence-electron chi connectivity index (χ1n) is 7.94. The van der Waals surface area contributed by atoms with Crippen molar-refractivity contribution in [3.05, 3.63) is 11.7 Å². The molecule has 0 bridgehead atoms. The van der Waals surface area contributed by atoms with Crippen molar-refractivity contribution >= 4 is 5.91 Å². The number of hydrogen-bond acceptors (Lipinski definition) is 5. The van der Waals surface area contributed by atoms with Crippen LogP contribution in [0.2, 0.25) is 0 Å². The fourth-order valence-corrected chi connectivity index (χ4v) is 3.53. The molecular formula is C15H24N4O2. The monoisotopic (exact) mass is 292 g/mol. The van der Waals surface area contributed by atoms with Crippen LogP contribution in [0.5, 0.6) is 0 Å². The molecule has 0 spiro atoms. The van der Waals surface area contributed by atoms with Crippen LogP contribution in [-0.2, 0) is 4.79 Å². The second-order valence-electron chi connectivity index (χ2n) is 6.41. The van der Waals surface area contributed by atoms with Gasteiger partial charge in [0.05, 0.1) is 6.04 Å². The number of carbonyl (C=O) groups excluding carboxylic acids is 1. The molecule has 21 heavy (non-hydrogen) atoms. The SMILES string of the molecule is Cc1noc(C2CC(NC(=O)C3CCCCC3)CN2C)n1. The first-order chi connectivity index (χ1) is 10.1. The summed E-state index contributed by atoms with van der Waals surface area (Å²) in [5, 5.41) is 7.07. The summed E-state index contributed by atoms with van der Waals surface area (Å²) in [6, 6.07) is 0.296. The van der Waals surface area contributed by atoms with E-state index in [1.165, 1.54) is 19.3 Å². The number of aryl methyl sites for hydroxylation is 1. The molecule has 116 valence electrons. The van der Waals surface area contributed by atoms with Crippen molar-refractivity contribution in [3.8, 4) is 0 Å². The molecule has 1 N–H and O–H groups in total. The highest BCUT2D eigenvalue weighted by Crippen LogP contribution is 2.30. The number of nitrogens with one attached hydrogen (secondary N) is 1. The molecule has 6 nitrogen and oxygen atoms in total. The molecule has 0 radical (unpaired) electrons. The van der Waals surface area contributed by atoms with Crippen molar-refractivity contribution in [1.82, 2.24) is 20.4 Å². The lowest BCUT2D eigenvalue weighted by atomic mass is 9.88. The highest BCUT2D eigenvalue weighted by Gasteiger charge is 2.35. The lowest BCUT2D eigenvalue weighted by Gasteiger charge is -2.22. The molecule has 1 amide bonds. The summed E-state index contributed by atoms with van der Waals surface area (Å²) >= 11 is 0. The Morgan fingerprint density at radius 1 is 1.33 bits per heavy atom. The van der Waals surface area contributed by atoms with Crippen LogP contribution in [0.3, 0.4) is 0 Å². The van der Waals surface area contributed by atoms with Gasteiger partial charge in [0.1, 0.15) is 0 Å². The van der Waals surface area contributed by atoms with Gasteiger partial charge in [-0.15, -0.1) is 0 Å². The number of nitrogens with zero attached hydrogens (tertiary/aromatic N) is 3. The van der Waals surface area contributed by atoms with Crippen molar-refractivity contribution in [2.75, 3.05) is 13.6 Å². The number of rotatable bonds is 3. The summed E-state index contributed by atoms with van der Waals surface area (Å²) in [4.78, 5) is 18.8. The molecule has 0 aromatic carbocycles. The summed E-state index contributed by atoms with van der Waals surface area (Å²) in [5.41, 5.74) is 0. The van der Waals surface area contributed by atoms with E-state index in [4.69, 9.17) is 4.52 Å². The molecule has 2 heterocycles. The molecule has 1 aliphatic heterocycles. The quantitative estimate of drug-likeness (QED) is 0.920. The Balaban J connectivity index is 1.57. The largest absolute Gasteiger partial charge is 0.352 e. The Labute approximate surface area is 125 Å². The summed E-state index contributed by atoms with van der Waals surface area (Å²) < 4.78 is 5.27. The molecule has 1 aromatic heterocycles. The maximum absolute atomic E-state index is 12.3. The number of carbonyl (C=O) groups is 1. The number of likely N-dealkylation sites (tertiary alicyclic amines) is 1. The fraction of sp³-hybridized carbons (Fsp3) is 0.800. The van der Waals surface area contributed by atoms with Gasteiger partial charge in [0.15, 0.2) is 5.82 Å². The third-order valence-corrected chi connectivity index (χ3v) is 4.70. The lowest BCUT2D eigenvalue weighted by Crippen LogP contribution is -2.40.